The van der Waals surface area contributed by atoms with E-state index in [9.17, 15) is 14.4 Å². The van der Waals surface area contributed by atoms with Crippen LogP contribution in [0.1, 0.15) is 31.2 Å². The zero-order chi connectivity index (χ0) is 20.1. The molecule has 1 heterocycles. The summed E-state index contributed by atoms with van der Waals surface area (Å²) in [6, 6.07) is 16.8. The number of amides is 3. The van der Waals surface area contributed by atoms with Gasteiger partial charge in [0.2, 0.25) is 0 Å². The lowest BCUT2D eigenvalue weighted by atomic mass is 10.2. The van der Waals surface area contributed by atoms with Gasteiger partial charge in [0.05, 0.1) is 0 Å². The van der Waals surface area contributed by atoms with Crippen LogP contribution in [0.2, 0.25) is 0 Å². The number of aromatic nitrogens is 2. The predicted molar refractivity (Wildman–Crippen MR) is 105 cm³/mol. The molecule has 0 aliphatic rings. The summed E-state index contributed by atoms with van der Waals surface area (Å²) < 4.78 is 1.41. The lowest BCUT2D eigenvalue weighted by Crippen LogP contribution is -2.18. The molecule has 1 aromatic heterocycles. The molecule has 0 radical (unpaired) electrons. The highest BCUT2D eigenvalue weighted by Crippen LogP contribution is 2.15. The third kappa shape index (κ3) is 4.24. The molecule has 3 N–H and O–H groups in total. The lowest BCUT2D eigenvalue weighted by molar-refractivity contribution is 0.0960. The second-order valence-electron chi connectivity index (χ2n) is 5.97. The number of hydrogen-bond acceptors (Lipinski definition) is 4. The van der Waals surface area contributed by atoms with Crippen LogP contribution in [0.5, 0.6) is 0 Å². The summed E-state index contributed by atoms with van der Waals surface area (Å²) in [5.41, 5.74) is 1.53. The van der Waals surface area contributed by atoms with Crippen LogP contribution in [0.25, 0.3) is 0 Å². The van der Waals surface area contributed by atoms with E-state index in [1.54, 1.807) is 55.6 Å². The van der Waals surface area contributed by atoms with Gasteiger partial charge in [-0.15, -0.1) is 0 Å². The Labute approximate surface area is 161 Å². The lowest BCUT2D eigenvalue weighted by Gasteiger charge is -2.05. The molecule has 2 aromatic carbocycles. The van der Waals surface area contributed by atoms with Crippen LogP contribution in [0.4, 0.5) is 11.5 Å². The van der Waals surface area contributed by atoms with E-state index < -0.39 is 5.91 Å². The van der Waals surface area contributed by atoms with Gasteiger partial charge in [-0.2, -0.15) is 5.10 Å². The van der Waals surface area contributed by atoms with Gasteiger partial charge in [-0.1, -0.05) is 24.3 Å². The minimum atomic E-state index is -0.454. The molecule has 0 saturated heterocycles. The monoisotopic (exact) mass is 377 g/mol. The first kappa shape index (κ1) is 18.8. The van der Waals surface area contributed by atoms with E-state index in [2.05, 4.69) is 21.0 Å². The normalized spacial score (nSPS) is 10.2. The van der Waals surface area contributed by atoms with Gasteiger partial charge in [-0.3, -0.25) is 19.1 Å². The highest BCUT2D eigenvalue weighted by Gasteiger charge is 2.16. The topological polar surface area (TPSA) is 105 Å². The van der Waals surface area contributed by atoms with Crippen LogP contribution in [-0.2, 0) is 7.05 Å². The number of nitrogens with one attached hydrogen (secondary N) is 3. The number of carbonyl (C=O) groups excluding carboxylic acids is 3. The van der Waals surface area contributed by atoms with Crippen LogP contribution in [-0.4, -0.2) is 34.5 Å². The highest BCUT2D eigenvalue weighted by atomic mass is 16.2. The minimum Gasteiger partial charge on any atom is -0.355 e. The molecule has 142 valence electrons. The van der Waals surface area contributed by atoms with Gasteiger partial charge in [0.1, 0.15) is 5.82 Å². The summed E-state index contributed by atoms with van der Waals surface area (Å²) in [7, 11) is 3.16. The summed E-state index contributed by atoms with van der Waals surface area (Å²) >= 11 is 0. The first-order valence-corrected chi connectivity index (χ1v) is 8.52. The number of rotatable bonds is 5. The SMILES string of the molecule is CNC(=O)c1cccc(NC(=O)c2cc(NC(=O)c3ccccc3)n(C)n2)c1. The number of anilines is 2. The van der Waals surface area contributed by atoms with Crippen LogP contribution in [0, 0.1) is 0 Å². The van der Waals surface area contributed by atoms with Gasteiger partial charge in [0, 0.05) is 37.0 Å². The number of nitrogens with zero attached hydrogens (tertiary/aromatic N) is 2. The van der Waals surface area contributed by atoms with Crippen molar-refractivity contribution >= 4 is 29.2 Å². The van der Waals surface area contributed by atoms with Crippen molar-refractivity contribution in [2.24, 2.45) is 7.05 Å². The van der Waals surface area contributed by atoms with E-state index in [0.717, 1.165) is 0 Å². The van der Waals surface area contributed by atoms with Crippen molar-refractivity contribution in [3.8, 4) is 0 Å². The van der Waals surface area contributed by atoms with E-state index in [4.69, 9.17) is 0 Å². The average Bonchev–Trinajstić information content (AvgIpc) is 3.08. The molecule has 8 heteroatoms. The number of aryl methyl sites for hydroxylation is 1. The van der Waals surface area contributed by atoms with Gasteiger partial charge >= 0.3 is 0 Å². The molecule has 0 aliphatic carbocycles. The molecule has 0 saturated carbocycles. The first-order chi connectivity index (χ1) is 13.5. The van der Waals surface area contributed by atoms with Crippen LogP contribution in [0.3, 0.4) is 0 Å². The van der Waals surface area contributed by atoms with E-state index in [0.29, 0.717) is 22.6 Å². The van der Waals surface area contributed by atoms with Crippen molar-refractivity contribution in [1.29, 1.82) is 0 Å². The van der Waals surface area contributed by atoms with E-state index in [1.165, 1.54) is 17.8 Å². The molecule has 3 aromatic rings. The summed E-state index contributed by atoms with van der Waals surface area (Å²) in [5.74, 6) is -0.614. The Kier molecular flexibility index (Phi) is 5.50. The molecular weight excluding hydrogens is 358 g/mol. The smallest absolute Gasteiger partial charge is 0.276 e. The third-order valence-corrected chi connectivity index (χ3v) is 4.00. The molecule has 0 atom stereocenters. The van der Waals surface area contributed by atoms with Crippen LogP contribution >= 0.6 is 0 Å². The van der Waals surface area contributed by atoms with Gasteiger partial charge in [0.15, 0.2) is 5.69 Å². The van der Waals surface area contributed by atoms with Crippen molar-refractivity contribution in [3.05, 3.63) is 77.5 Å². The summed E-state index contributed by atoms with van der Waals surface area (Å²) in [4.78, 5) is 36.5. The molecule has 0 aliphatic heterocycles. The maximum absolute atomic E-state index is 12.5. The Bertz CT molecular complexity index is 1030. The summed E-state index contributed by atoms with van der Waals surface area (Å²) in [6.07, 6.45) is 0. The molecule has 0 fully saturated rings. The quantitative estimate of drug-likeness (QED) is 0.634. The molecular formula is C20H19N5O3. The van der Waals surface area contributed by atoms with E-state index in [-0.39, 0.29) is 17.5 Å². The van der Waals surface area contributed by atoms with Crippen LogP contribution < -0.4 is 16.0 Å². The zero-order valence-corrected chi connectivity index (χ0v) is 15.4. The summed E-state index contributed by atoms with van der Waals surface area (Å²) in [5, 5.41) is 12.1. The van der Waals surface area contributed by atoms with Gasteiger partial charge in [0.25, 0.3) is 17.7 Å². The Morgan fingerprint density at radius 1 is 0.821 bits per heavy atom. The standard InChI is InChI=1S/C20H19N5O3/c1-21-18(26)14-9-6-10-15(11-14)22-20(28)16-12-17(25(2)24-16)23-19(27)13-7-4-3-5-8-13/h3-12H,1-2H3,(H,21,26)(H,22,28)(H,23,27). The van der Waals surface area contributed by atoms with Crippen LogP contribution in [0.15, 0.2) is 60.7 Å². The maximum atomic E-state index is 12.5. The zero-order valence-electron chi connectivity index (χ0n) is 15.4. The molecule has 0 spiro atoms. The molecule has 3 rings (SSSR count). The maximum Gasteiger partial charge on any atom is 0.276 e. The molecule has 0 unspecified atom stereocenters. The van der Waals surface area contributed by atoms with Gasteiger partial charge < -0.3 is 16.0 Å². The molecule has 3 amide bonds. The molecule has 28 heavy (non-hydrogen) atoms. The highest BCUT2D eigenvalue weighted by molar-refractivity contribution is 6.06. The third-order valence-electron chi connectivity index (χ3n) is 4.00. The second-order valence-corrected chi connectivity index (χ2v) is 5.97. The fourth-order valence-corrected chi connectivity index (χ4v) is 2.55. The average molecular weight is 377 g/mol. The predicted octanol–water partition coefficient (Wildman–Crippen LogP) is 2.28. The van der Waals surface area contributed by atoms with Crippen molar-refractivity contribution in [2.45, 2.75) is 0 Å². The van der Waals surface area contributed by atoms with Crippen molar-refractivity contribution < 1.29 is 14.4 Å². The molecule has 0 bridgehead atoms. The van der Waals surface area contributed by atoms with Crippen molar-refractivity contribution in [2.75, 3.05) is 17.7 Å². The minimum absolute atomic E-state index is 0.135. The van der Waals surface area contributed by atoms with E-state index in [1.807, 2.05) is 6.07 Å². The molecule has 8 nitrogen and oxygen atoms in total. The Morgan fingerprint density at radius 2 is 1.54 bits per heavy atom. The largest absolute Gasteiger partial charge is 0.355 e. The second kappa shape index (κ2) is 8.17. The van der Waals surface area contributed by atoms with Gasteiger partial charge in [-0.25, -0.2) is 0 Å². The number of carbonyl (C=O) groups is 3. The first-order valence-electron chi connectivity index (χ1n) is 8.52. The van der Waals surface area contributed by atoms with Crippen molar-refractivity contribution in [1.82, 2.24) is 15.1 Å². The Hall–Kier alpha value is -3.94. The number of benzene rings is 2. The fourth-order valence-electron chi connectivity index (χ4n) is 2.55. The Morgan fingerprint density at radius 3 is 2.25 bits per heavy atom. The van der Waals surface area contributed by atoms with Crippen molar-refractivity contribution in [3.63, 3.8) is 0 Å². The summed E-state index contributed by atoms with van der Waals surface area (Å²) in [6.45, 7) is 0. The number of hydrogen-bond donors (Lipinski definition) is 3. The van der Waals surface area contributed by atoms with Gasteiger partial charge in [-0.05, 0) is 30.3 Å². The van der Waals surface area contributed by atoms with E-state index >= 15 is 0 Å². The Balaban J connectivity index is 1.73. The fraction of sp³-hybridized carbons (Fsp3) is 0.100.